The van der Waals surface area contributed by atoms with Gasteiger partial charge in [-0.05, 0) is 0 Å². The van der Waals surface area contributed by atoms with Crippen LogP contribution in [-0.4, -0.2) is 10.9 Å². The standard InChI is InChI=1S/C5H6N2.C2H5Cl/c1-2-7-4-3-6-5-7;1-2-3/h2-5H,1H2;2H2,1H3/p+1. The van der Waals surface area contributed by atoms with Gasteiger partial charge >= 0.3 is 0 Å². The van der Waals surface area contributed by atoms with Crippen LogP contribution in [0.4, 0.5) is 0 Å². The summed E-state index contributed by atoms with van der Waals surface area (Å²) in [6, 6.07) is 0. The minimum atomic E-state index is 0.722. The van der Waals surface area contributed by atoms with Gasteiger partial charge in [-0.1, -0.05) is 13.5 Å². The molecule has 0 aliphatic rings. The second kappa shape index (κ2) is 6.36. The van der Waals surface area contributed by atoms with Crippen molar-refractivity contribution in [3.05, 3.63) is 25.3 Å². The Morgan fingerprint density at radius 3 is 2.60 bits per heavy atom. The fraction of sp³-hybridized carbons (Fsp3) is 0.286. The predicted octanol–water partition coefficient (Wildman–Crippen LogP) is 1.65. The van der Waals surface area contributed by atoms with Gasteiger partial charge in [-0.15, -0.1) is 11.6 Å². The third-order valence-corrected chi connectivity index (χ3v) is 0.777. The number of halogens is 1. The highest BCUT2D eigenvalue weighted by molar-refractivity contribution is 6.17. The third-order valence-electron chi connectivity index (χ3n) is 0.777. The molecule has 0 atom stereocenters. The minimum absolute atomic E-state index is 0.722. The fourth-order valence-corrected chi connectivity index (χ4v) is 0.415. The number of hydrogen-bond acceptors (Lipinski definition) is 0. The summed E-state index contributed by atoms with van der Waals surface area (Å²) in [5, 5.41) is 0. The molecule has 1 rings (SSSR count). The molecule has 0 aromatic carbocycles. The van der Waals surface area contributed by atoms with Gasteiger partial charge in [0.1, 0.15) is 12.4 Å². The number of hydrogen-bond donors (Lipinski definition) is 1. The van der Waals surface area contributed by atoms with E-state index in [4.69, 9.17) is 11.6 Å². The Hall–Kier alpha value is -0.760. The SMILES string of the molecule is C=C[n+]1cc[nH]c1.CCCl. The van der Waals surface area contributed by atoms with Crippen LogP contribution in [0.25, 0.3) is 6.20 Å². The van der Waals surface area contributed by atoms with E-state index in [1.54, 1.807) is 6.20 Å². The zero-order valence-corrected chi connectivity index (χ0v) is 6.80. The van der Waals surface area contributed by atoms with Crippen LogP contribution in [0, 0.1) is 0 Å². The quantitative estimate of drug-likeness (QED) is 0.475. The largest absolute Gasteiger partial charge is 0.250 e. The number of aromatic amines is 1. The van der Waals surface area contributed by atoms with E-state index < -0.39 is 0 Å². The summed E-state index contributed by atoms with van der Waals surface area (Å²) >= 11 is 5.00. The average Bonchev–Trinajstić information content (AvgIpc) is 2.39. The molecule has 0 saturated heterocycles. The summed E-state index contributed by atoms with van der Waals surface area (Å²) in [4.78, 5) is 2.87. The highest BCUT2D eigenvalue weighted by Gasteiger charge is 1.82. The van der Waals surface area contributed by atoms with Gasteiger partial charge in [-0.2, -0.15) is 0 Å². The normalized spacial score (nSPS) is 7.80. The van der Waals surface area contributed by atoms with E-state index in [9.17, 15) is 0 Å². The van der Waals surface area contributed by atoms with Crippen molar-refractivity contribution < 1.29 is 4.57 Å². The first-order valence-corrected chi connectivity index (χ1v) is 3.60. The van der Waals surface area contributed by atoms with Crippen molar-refractivity contribution in [3.63, 3.8) is 0 Å². The van der Waals surface area contributed by atoms with Gasteiger partial charge < -0.3 is 0 Å². The molecule has 10 heavy (non-hydrogen) atoms. The maximum atomic E-state index is 5.00. The number of imidazole rings is 1. The molecule has 0 radical (unpaired) electrons. The van der Waals surface area contributed by atoms with Crippen LogP contribution in [0.3, 0.4) is 0 Å². The lowest BCUT2D eigenvalue weighted by Gasteiger charge is -1.70. The molecule has 0 amide bonds. The highest BCUT2D eigenvalue weighted by Crippen LogP contribution is 1.65. The Bertz CT molecular complexity index is 158. The maximum absolute atomic E-state index is 5.00. The molecule has 0 unspecified atom stereocenters. The summed E-state index contributed by atoms with van der Waals surface area (Å²) in [5.41, 5.74) is 0. The van der Waals surface area contributed by atoms with E-state index in [1.165, 1.54) is 0 Å². The molecule has 0 aliphatic heterocycles. The van der Waals surface area contributed by atoms with Crippen LogP contribution in [0.15, 0.2) is 25.3 Å². The first kappa shape index (κ1) is 9.24. The minimum Gasteiger partial charge on any atom is -0.250 e. The molecule has 1 N–H and O–H groups in total. The number of rotatable bonds is 1. The van der Waals surface area contributed by atoms with E-state index >= 15 is 0 Å². The maximum Gasteiger partial charge on any atom is 0.246 e. The van der Waals surface area contributed by atoms with Crippen LogP contribution >= 0.6 is 11.6 Å². The summed E-state index contributed by atoms with van der Waals surface area (Å²) in [6.45, 7) is 5.44. The lowest BCUT2D eigenvalue weighted by atomic mass is 10.9. The van der Waals surface area contributed by atoms with Crippen molar-refractivity contribution in [2.45, 2.75) is 6.92 Å². The molecule has 2 nitrogen and oxygen atoms in total. The Labute approximate surface area is 66.1 Å². The molecule has 1 aromatic heterocycles. The Morgan fingerprint density at radius 1 is 1.80 bits per heavy atom. The van der Waals surface area contributed by atoms with E-state index in [-0.39, 0.29) is 0 Å². The molecule has 0 bridgehead atoms. The second-order valence-electron chi connectivity index (χ2n) is 1.51. The van der Waals surface area contributed by atoms with Crippen molar-refractivity contribution in [3.8, 4) is 0 Å². The molecule has 1 aromatic rings. The van der Waals surface area contributed by atoms with Gasteiger partial charge in [0.25, 0.3) is 0 Å². The zero-order chi connectivity index (χ0) is 7.82. The molecule has 0 saturated carbocycles. The molecular weight excluding hydrogens is 148 g/mol. The van der Waals surface area contributed by atoms with Gasteiger partial charge in [-0.25, -0.2) is 9.55 Å². The van der Waals surface area contributed by atoms with Gasteiger partial charge in [0.2, 0.25) is 6.33 Å². The van der Waals surface area contributed by atoms with Crippen LogP contribution in [0.5, 0.6) is 0 Å². The fourth-order valence-electron chi connectivity index (χ4n) is 0.415. The van der Waals surface area contributed by atoms with E-state index in [0.717, 1.165) is 5.88 Å². The van der Waals surface area contributed by atoms with Gasteiger partial charge in [-0.3, -0.25) is 0 Å². The van der Waals surface area contributed by atoms with E-state index in [1.807, 2.05) is 30.2 Å². The molecular formula is C7H12ClN2+. The number of aromatic nitrogens is 2. The second-order valence-corrected chi connectivity index (χ2v) is 2.04. The van der Waals surface area contributed by atoms with Crippen LogP contribution in [-0.2, 0) is 0 Å². The molecule has 0 aliphatic carbocycles. The predicted molar refractivity (Wildman–Crippen MR) is 43.8 cm³/mol. The lowest BCUT2D eigenvalue weighted by molar-refractivity contribution is -0.566. The number of nitrogens with one attached hydrogen (secondary N) is 1. The van der Waals surface area contributed by atoms with Gasteiger partial charge in [0, 0.05) is 5.88 Å². The van der Waals surface area contributed by atoms with Crippen LogP contribution < -0.4 is 4.57 Å². The first-order chi connectivity index (χ1) is 4.85. The smallest absolute Gasteiger partial charge is 0.246 e. The first-order valence-electron chi connectivity index (χ1n) is 3.07. The van der Waals surface area contributed by atoms with Crippen molar-refractivity contribution in [2.75, 3.05) is 5.88 Å². The van der Waals surface area contributed by atoms with Gasteiger partial charge in [0.15, 0.2) is 0 Å². The lowest BCUT2D eigenvalue weighted by Crippen LogP contribution is -2.19. The molecule has 1 heterocycles. The monoisotopic (exact) mass is 159 g/mol. The summed E-state index contributed by atoms with van der Waals surface area (Å²) in [5.74, 6) is 0.722. The molecule has 3 heteroatoms. The molecule has 0 fully saturated rings. The number of H-pyrrole nitrogens is 1. The molecule has 0 spiro atoms. The van der Waals surface area contributed by atoms with E-state index in [2.05, 4.69) is 11.6 Å². The summed E-state index contributed by atoms with van der Waals surface area (Å²) in [7, 11) is 0. The van der Waals surface area contributed by atoms with Gasteiger partial charge in [0.05, 0.1) is 6.20 Å². The number of nitrogens with zero attached hydrogens (tertiary/aromatic N) is 1. The summed E-state index contributed by atoms with van der Waals surface area (Å²) < 4.78 is 1.83. The number of alkyl halides is 1. The highest BCUT2D eigenvalue weighted by atomic mass is 35.5. The Balaban J connectivity index is 0.000000236. The topological polar surface area (TPSA) is 19.7 Å². The van der Waals surface area contributed by atoms with Crippen molar-refractivity contribution in [1.29, 1.82) is 0 Å². The summed E-state index contributed by atoms with van der Waals surface area (Å²) in [6.07, 6.45) is 7.25. The van der Waals surface area contributed by atoms with Crippen LogP contribution in [0.1, 0.15) is 6.92 Å². The molecule has 56 valence electrons. The van der Waals surface area contributed by atoms with Crippen molar-refractivity contribution in [2.24, 2.45) is 0 Å². The van der Waals surface area contributed by atoms with Crippen molar-refractivity contribution >= 4 is 17.8 Å². The zero-order valence-electron chi connectivity index (χ0n) is 6.05. The van der Waals surface area contributed by atoms with Crippen molar-refractivity contribution in [1.82, 2.24) is 4.98 Å². The van der Waals surface area contributed by atoms with E-state index in [0.29, 0.717) is 0 Å². The Morgan fingerprint density at radius 2 is 2.40 bits per heavy atom. The third kappa shape index (κ3) is 4.15. The Kier molecular flexibility index (Phi) is 5.88. The average molecular weight is 160 g/mol. The van der Waals surface area contributed by atoms with Crippen LogP contribution in [0.2, 0.25) is 0 Å².